The molecule has 0 bridgehead atoms. The predicted octanol–water partition coefficient (Wildman–Crippen LogP) is 3.76. The first-order valence-corrected chi connectivity index (χ1v) is 7.16. The van der Waals surface area contributed by atoms with Crippen molar-refractivity contribution in [3.63, 3.8) is 0 Å². The van der Waals surface area contributed by atoms with Crippen LogP contribution < -0.4 is 4.74 Å². The molecule has 2 aromatic rings. The summed E-state index contributed by atoms with van der Waals surface area (Å²) >= 11 is 6.03. The van der Waals surface area contributed by atoms with Crippen LogP contribution in [0.5, 0.6) is 5.75 Å². The van der Waals surface area contributed by atoms with Gasteiger partial charge in [0.1, 0.15) is 18.5 Å². The molecule has 3 nitrogen and oxygen atoms in total. The van der Waals surface area contributed by atoms with Crippen molar-refractivity contribution in [2.75, 3.05) is 20.3 Å². The summed E-state index contributed by atoms with van der Waals surface area (Å²) in [7, 11) is 1.63. The van der Waals surface area contributed by atoms with Gasteiger partial charge in [0.15, 0.2) is 0 Å². The van der Waals surface area contributed by atoms with E-state index in [1.54, 1.807) is 13.2 Å². The molecule has 0 spiro atoms. The third-order valence-electron chi connectivity index (χ3n) is 3.26. The summed E-state index contributed by atoms with van der Waals surface area (Å²) in [6, 6.07) is 13.0. The highest BCUT2D eigenvalue weighted by Crippen LogP contribution is 2.31. The van der Waals surface area contributed by atoms with Crippen molar-refractivity contribution in [3.8, 4) is 5.75 Å². The van der Waals surface area contributed by atoms with E-state index in [0.29, 0.717) is 24.0 Å². The van der Waals surface area contributed by atoms with Gasteiger partial charge in [-0.25, -0.2) is 0 Å². The Hall–Kier alpha value is -1.55. The minimum Gasteiger partial charge on any atom is -0.491 e. The first-order valence-electron chi connectivity index (χ1n) is 6.78. The summed E-state index contributed by atoms with van der Waals surface area (Å²) < 4.78 is 10.6. The third kappa shape index (κ3) is 3.97. The average molecular weight is 307 g/mol. The van der Waals surface area contributed by atoms with Crippen LogP contribution in [0.15, 0.2) is 42.5 Å². The van der Waals surface area contributed by atoms with Crippen LogP contribution in [0, 0.1) is 6.92 Å². The number of benzene rings is 2. The second-order valence-electron chi connectivity index (χ2n) is 4.79. The third-order valence-corrected chi connectivity index (χ3v) is 3.68. The molecule has 0 aliphatic rings. The number of methoxy groups -OCH3 is 1. The van der Waals surface area contributed by atoms with Gasteiger partial charge in [-0.1, -0.05) is 41.9 Å². The Morgan fingerprint density at radius 3 is 2.62 bits per heavy atom. The van der Waals surface area contributed by atoms with Crippen LogP contribution in [0.3, 0.4) is 0 Å². The number of rotatable bonds is 6. The molecule has 0 aliphatic heterocycles. The van der Waals surface area contributed by atoms with Crippen LogP contribution >= 0.6 is 11.6 Å². The molecule has 0 amide bonds. The minimum absolute atomic E-state index is 0.444. The number of hydrogen-bond donors (Lipinski definition) is 1. The van der Waals surface area contributed by atoms with E-state index in [-0.39, 0.29) is 0 Å². The summed E-state index contributed by atoms with van der Waals surface area (Å²) in [5.74, 6) is 0.662. The molecule has 1 unspecified atom stereocenters. The van der Waals surface area contributed by atoms with Crippen LogP contribution in [0.4, 0.5) is 0 Å². The fraction of sp³-hybridized carbons (Fsp3) is 0.294. The summed E-state index contributed by atoms with van der Waals surface area (Å²) in [5.41, 5.74) is 2.46. The Labute approximate surface area is 130 Å². The van der Waals surface area contributed by atoms with Gasteiger partial charge in [0.2, 0.25) is 0 Å². The van der Waals surface area contributed by atoms with Gasteiger partial charge < -0.3 is 14.6 Å². The molecule has 0 fully saturated rings. The predicted molar refractivity (Wildman–Crippen MR) is 84.1 cm³/mol. The SMILES string of the molecule is COCCOc1ccccc1C(O)c1ccc(Cl)c(C)c1. The molecule has 0 heterocycles. The second-order valence-corrected chi connectivity index (χ2v) is 5.20. The summed E-state index contributed by atoms with van der Waals surface area (Å²) in [4.78, 5) is 0. The van der Waals surface area contributed by atoms with E-state index in [2.05, 4.69) is 0 Å². The molecule has 4 heteroatoms. The Balaban J connectivity index is 2.25. The van der Waals surface area contributed by atoms with Crippen molar-refractivity contribution >= 4 is 11.6 Å². The maximum atomic E-state index is 10.6. The highest BCUT2D eigenvalue weighted by Gasteiger charge is 2.16. The van der Waals surface area contributed by atoms with Crippen LogP contribution in [-0.4, -0.2) is 25.4 Å². The van der Waals surface area contributed by atoms with Gasteiger partial charge in [-0.15, -0.1) is 0 Å². The zero-order valence-corrected chi connectivity index (χ0v) is 12.9. The van der Waals surface area contributed by atoms with Crippen LogP contribution in [-0.2, 0) is 4.74 Å². The maximum Gasteiger partial charge on any atom is 0.125 e. The van der Waals surface area contributed by atoms with Gasteiger partial charge in [-0.05, 0) is 30.2 Å². The van der Waals surface area contributed by atoms with E-state index in [1.165, 1.54) is 0 Å². The highest BCUT2D eigenvalue weighted by atomic mass is 35.5. The normalized spacial score (nSPS) is 12.2. The lowest BCUT2D eigenvalue weighted by Crippen LogP contribution is -2.08. The largest absolute Gasteiger partial charge is 0.491 e. The number of para-hydroxylation sites is 1. The molecular formula is C17H19ClO3. The number of halogens is 1. The van der Waals surface area contributed by atoms with Crippen LogP contribution in [0.25, 0.3) is 0 Å². The molecule has 0 saturated heterocycles. The Morgan fingerprint density at radius 1 is 1.14 bits per heavy atom. The number of hydrogen-bond acceptors (Lipinski definition) is 3. The average Bonchev–Trinajstić information content (AvgIpc) is 2.50. The van der Waals surface area contributed by atoms with Gasteiger partial charge in [0.05, 0.1) is 6.61 Å². The van der Waals surface area contributed by atoms with Crippen LogP contribution in [0.1, 0.15) is 22.8 Å². The number of aryl methyl sites for hydroxylation is 1. The number of aliphatic hydroxyl groups is 1. The van der Waals surface area contributed by atoms with Crippen molar-refractivity contribution in [1.29, 1.82) is 0 Å². The van der Waals surface area contributed by atoms with Gasteiger partial charge >= 0.3 is 0 Å². The zero-order chi connectivity index (χ0) is 15.2. The van der Waals surface area contributed by atoms with E-state index in [1.807, 2.05) is 43.3 Å². The van der Waals surface area contributed by atoms with Crippen molar-refractivity contribution in [3.05, 3.63) is 64.2 Å². The van der Waals surface area contributed by atoms with Gasteiger partial charge in [-0.2, -0.15) is 0 Å². The van der Waals surface area contributed by atoms with Crippen molar-refractivity contribution in [2.24, 2.45) is 0 Å². The van der Waals surface area contributed by atoms with Crippen molar-refractivity contribution < 1.29 is 14.6 Å². The van der Waals surface area contributed by atoms with Crippen LogP contribution in [0.2, 0.25) is 5.02 Å². The molecule has 2 rings (SSSR count). The smallest absolute Gasteiger partial charge is 0.125 e. The van der Waals surface area contributed by atoms with Gasteiger partial charge in [0.25, 0.3) is 0 Å². The minimum atomic E-state index is -0.750. The molecule has 1 atom stereocenters. The lowest BCUT2D eigenvalue weighted by molar-refractivity contribution is 0.142. The molecule has 0 saturated carbocycles. The Bertz CT molecular complexity index is 598. The maximum absolute atomic E-state index is 10.6. The van der Waals surface area contributed by atoms with Gasteiger partial charge in [-0.3, -0.25) is 0 Å². The first-order chi connectivity index (χ1) is 10.1. The van der Waals surface area contributed by atoms with Crippen molar-refractivity contribution in [2.45, 2.75) is 13.0 Å². The molecular weight excluding hydrogens is 288 g/mol. The quantitative estimate of drug-likeness (QED) is 0.826. The molecule has 0 aliphatic carbocycles. The molecule has 1 N–H and O–H groups in total. The second kappa shape index (κ2) is 7.46. The number of aliphatic hydroxyl groups excluding tert-OH is 1. The zero-order valence-electron chi connectivity index (χ0n) is 12.2. The highest BCUT2D eigenvalue weighted by molar-refractivity contribution is 6.31. The Morgan fingerprint density at radius 2 is 1.90 bits per heavy atom. The lowest BCUT2D eigenvalue weighted by Gasteiger charge is -2.17. The van der Waals surface area contributed by atoms with E-state index >= 15 is 0 Å². The summed E-state index contributed by atoms with van der Waals surface area (Å²) in [6.45, 7) is 2.86. The monoisotopic (exact) mass is 306 g/mol. The molecule has 21 heavy (non-hydrogen) atoms. The fourth-order valence-electron chi connectivity index (χ4n) is 2.09. The van der Waals surface area contributed by atoms with E-state index in [0.717, 1.165) is 16.7 Å². The Kier molecular flexibility index (Phi) is 5.62. The topological polar surface area (TPSA) is 38.7 Å². The standard InChI is InChI=1S/C17H19ClO3/c1-12-11-13(7-8-15(12)18)17(19)14-5-3-4-6-16(14)21-10-9-20-2/h3-8,11,17,19H,9-10H2,1-2H3. The van der Waals surface area contributed by atoms with E-state index < -0.39 is 6.10 Å². The fourth-order valence-corrected chi connectivity index (χ4v) is 2.21. The molecule has 0 aromatic heterocycles. The lowest BCUT2D eigenvalue weighted by atomic mass is 9.99. The molecule has 112 valence electrons. The van der Waals surface area contributed by atoms with Gasteiger partial charge in [0, 0.05) is 17.7 Å². The summed E-state index contributed by atoms with van der Waals surface area (Å²) in [5, 5.41) is 11.3. The van der Waals surface area contributed by atoms with Crippen molar-refractivity contribution in [1.82, 2.24) is 0 Å². The first kappa shape index (κ1) is 15.8. The number of ether oxygens (including phenoxy) is 2. The molecule has 0 radical (unpaired) electrons. The van der Waals surface area contributed by atoms with E-state index in [4.69, 9.17) is 21.1 Å². The summed E-state index contributed by atoms with van der Waals surface area (Å²) in [6.07, 6.45) is -0.750. The van der Waals surface area contributed by atoms with E-state index in [9.17, 15) is 5.11 Å². The molecule has 2 aromatic carbocycles.